The molecule has 0 spiro atoms. The van der Waals surface area contributed by atoms with Crippen LogP contribution in [-0.4, -0.2) is 23.7 Å². The lowest BCUT2D eigenvalue weighted by molar-refractivity contribution is 0.121. The van der Waals surface area contributed by atoms with E-state index in [1.54, 1.807) is 11.3 Å². The van der Waals surface area contributed by atoms with Crippen LogP contribution in [0.2, 0.25) is 0 Å². The van der Waals surface area contributed by atoms with E-state index < -0.39 is 0 Å². The van der Waals surface area contributed by atoms with Gasteiger partial charge in [-0.2, -0.15) is 0 Å². The van der Waals surface area contributed by atoms with Crippen molar-refractivity contribution in [2.75, 3.05) is 11.9 Å². The first-order valence-electron chi connectivity index (χ1n) is 4.25. The first-order chi connectivity index (χ1) is 6.25. The van der Waals surface area contributed by atoms with Crippen LogP contribution >= 0.6 is 27.3 Å². The molecule has 2 heterocycles. The maximum atomic E-state index is 5.45. The highest BCUT2D eigenvalue weighted by Crippen LogP contribution is 2.23. The van der Waals surface area contributed by atoms with Crippen molar-refractivity contribution in [2.24, 2.45) is 0 Å². The summed E-state index contributed by atoms with van der Waals surface area (Å²) in [7, 11) is 0. The Morgan fingerprint density at radius 1 is 1.77 bits per heavy atom. The summed E-state index contributed by atoms with van der Waals surface area (Å²) in [5.41, 5.74) is 0. The van der Waals surface area contributed by atoms with Crippen molar-refractivity contribution in [1.29, 1.82) is 0 Å². The molecule has 1 aliphatic heterocycles. The number of hydrogen-bond donors (Lipinski definition) is 1. The molecule has 1 fully saturated rings. The van der Waals surface area contributed by atoms with Gasteiger partial charge in [0.25, 0.3) is 0 Å². The molecule has 13 heavy (non-hydrogen) atoms. The SMILES string of the molecule is CC1OCCC1Nc1nc(Br)cs1. The van der Waals surface area contributed by atoms with E-state index in [1.165, 1.54) is 0 Å². The number of rotatable bonds is 2. The zero-order chi connectivity index (χ0) is 9.26. The van der Waals surface area contributed by atoms with Gasteiger partial charge in [0.15, 0.2) is 5.13 Å². The summed E-state index contributed by atoms with van der Waals surface area (Å²) in [6.07, 6.45) is 1.36. The molecule has 1 N–H and O–H groups in total. The molecule has 1 saturated heterocycles. The van der Waals surface area contributed by atoms with Crippen molar-refractivity contribution in [3.8, 4) is 0 Å². The molecule has 0 bridgehead atoms. The first-order valence-corrected chi connectivity index (χ1v) is 5.92. The Balaban J connectivity index is 1.97. The highest BCUT2D eigenvalue weighted by Gasteiger charge is 2.24. The maximum absolute atomic E-state index is 5.45. The van der Waals surface area contributed by atoms with Crippen LogP contribution in [0.1, 0.15) is 13.3 Å². The van der Waals surface area contributed by atoms with Crippen LogP contribution in [0.5, 0.6) is 0 Å². The van der Waals surface area contributed by atoms with Crippen LogP contribution in [-0.2, 0) is 4.74 Å². The van der Waals surface area contributed by atoms with E-state index >= 15 is 0 Å². The van der Waals surface area contributed by atoms with Gasteiger partial charge in [0, 0.05) is 12.0 Å². The van der Waals surface area contributed by atoms with E-state index in [0.29, 0.717) is 12.1 Å². The monoisotopic (exact) mass is 262 g/mol. The predicted molar refractivity (Wildman–Crippen MR) is 57.3 cm³/mol. The number of anilines is 1. The standard InChI is InChI=1S/C8H11BrN2OS/c1-5-6(2-3-12-5)10-8-11-7(9)4-13-8/h4-6H,2-3H2,1H3,(H,10,11). The van der Waals surface area contributed by atoms with E-state index in [2.05, 4.69) is 33.2 Å². The maximum Gasteiger partial charge on any atom is 0.184 e. The summed E-state index contributed by atoms with van der Waals surface area (Å²) in [5.74, 6) is 0. The third-order valence-corrected chi connectivity index (χ3v) is 3.64. The molecule has 0 aliphatic carbocycles. The summed E-state index contributed by atoms with van der Waals surface area (Å²) >= 11 is 4.94. The van der Waals surface area contributed by atoms with E-state index in [4.69, 9.17) is 4.74 Å². The summed E-state index contributed by atoms with van der Waals surface area (Å²) in [4.78, 5) is 4.28. The fraction of sp³-hybridized carbons (Fsp3) is 0.625. The van der Waals surface area contributed by atoms with Crippen molar-refractivity contribution < 1.29 is 4.74 Å². The van der Waals surface area contributed by atoms with Crippen LogP contribution in [0, 0.1) is 0 Å². The highest BCUT2D eigenvalue weighted by atomic mass is 79.9. The fourth-order valence-corrected chi connectivity index (χ4v) is 2.61. The number of nitrogens with zero attached hydrogens (tertiary/aromatic N) is 1. The van der Waals surface area contributed by atoms with E-state index in [0.717, 1.165) is 22.8 Å². The number of thiazole rings is 1. The molecular weight excluding hydrogens is 252 g/mol. The van der Waals surface area contributed by atoms with Gasteiger partial charge in [-0.1, -0.05) is 0 Å². The topological polar surface area (TPSA) is 34.1 Å². The zero-order valence-electron chi connectivity index (χ0n) is 7.29. The van der Waals surface area contributed by atoms with E-state index in [1.807, 2.05) is 5.38 Å². The fourth-order valence-electron chi connectivity index (χ4n) is 1.40. The summed E-state index contributed by atoms with van der Waals surface area (Å²) < 4.78 is 6.34. The number of ether oxygens (including phenoxy) is 1. The molecule has 1 aliphatic rings. The van der Waals surface area contributed by atoms with Crippen molar-refractivity contribution in [3.63, 3.8) is 0 Å². The zero-order valence-corrected chi connectivity index (χ0v) is 9.69. The van der Waals surface area contributed by atoms with Crippen molar-refractivity contribution in [3.05, 3.63) is 9.98 Å². The largest absolute Gasteiger partial charge is 0.376 e. The molecule has 72 valence electrons. The van der Waals surface area contributed by atoms with Gasteiger partial charge >= 0.3 is 0 Å². The van der Waals surface area contributed by atoms with E-state index in [9.17, 15) is 0 Å². The number of hydrogen-bond acceptors (Lipinski definition) is 4. The molecule has 1 aromatic heterocycles. The Morgan fingerprint density at radius 2 is 2.62 bits per heavy atom. The summed E-state index contributed by atoms with van der Waals surface area (Å²) in [5, 5.41) is 6.31. The van der Waals surface area contributed by atoms with Gasteiger partial charge in [0.1, 0.15) is 4.60 Å². The third kappa shape index (κ3) is 2.21. The van der Waals surface area contributed by atoms with Gasteiger partial charge in [0.2, 0.25) is 0 Å². The quantitative estimate of drug-likeness (QED) is 0.890. The van der Waals surface area contributed by atoms with Gasteiger partial charge in [-0.25, -0.2) is 4.98 Å². The average Bonchev–Trinajstić information content (AvgIpc) is 2.64. The molecule has 0 radical (unpaired) electrons. The van der Waals surface area contributed by atoms with Crippen LogP contribution < -0.4 is 5.32 Å². The molecule has 2 rings (SSSR count). The minimum absolute atomic E-state index is 0.294. The lowest BCUT2D eigenvalue weighted by atomic mass is 10.2. The predicted octanol–water partition coefficient (Wildman–Crippen LogP) is 2.49. The van der Waals surface area contributed by atoms with Gasteiger partial charge in [-0.05, 0) is 29.3 Å². The molecule has 3 nitrogen and oxygen atoms in total. The molecule has 5 heteroatoms. The van der Waals surface area contributed by atoms with E-state index in [-0.39, 0.29) is 0 Å². The Labute approximate surface area is 89.6 Å². The summed E-state index contributed by atoms with van der Waals surface area (Å²) in [6.45, 7) is 2.94. The molecule has 1 aromatic rings. The van der Waals surface area contributed by atoms with Crippen LogP contribution in [0.25, 0.3) is 0 Å². The normalized spacial score (nSPS) is 27.8. The summed E-state index contributed by atoms with van der Waals surface area (Å²) in [6, 6.07) is 0.415. The van der Waals surface area contributed by atoms with Gasteiger partial charge in [-0.3, -0.25) is 0 Å². The Hall–Kier alpha value is -0.130. The number of nitrogens with one attached hydrogen (secondary N) is 1. The molecule has 0 saturated carbocycles. The Morgan fingerprint density at radius 3 is 3.15 bits per heavy atom. The number of halogens is 1. The van der Waals surface area contributed by atoms with Gasteiger partial charge in [-0.15, -0.1) is 11.3 Å². The lowest BCUT2D eigenvalue weighted by Gasteiger charge is -2.14. The molecule has 0 amide bonds. The van der Waals surface area contributed by atoms with Crippen LogP contribution in [0.15, 0.2) is 9.98 Å². The van der Waals surface area contributed by atoms with Gasteiger partial charge in [0.05, 0.1) is 12.1 Å². The lowest BCUT2D eigenvalue weighted by Crippen LogP contribution is -2.26. The van der Waals surface area contributed by atoms with Crippen molar-refractivity contribution >= 4 is 32.4 Å². The smallest absolute Gasteiger partial charge is 0.184 e. The minimum Gasteiger partial charge on any atom is -0.376 e. The molecule has 2 atom stereocenters. The third-order valence-electron chi connectivity index (χ3n) is 2.16. The van der Waals surface area contributed by atoms with Crippen molar-refractivity contribution in [1.82, 2.24) is 4.98 Å². The van der Waals surface area contributed by atoms with Crippen molar-refractivity contribution in [2.45, 2.75) is 25.5 Å². The molecule has 2 unspecified atom stereocenters. The average molecular weight is 263 g/mol. The van der Waals surface area contributed by atoms with Crippen LogP contribution in [0.3, 0.4) is 0 Å². The second-order valence-corrected chi connectivity index (χ2v) is 4.76. The second-order valence-electron chi connectivity index (χ2n) is 3.09. The van der Waals surface area contributed by atoms with Gasteiger partial charge < -0.3 is 10.1 Å². The molecular formula is C8H11BrN2OS. The first kappa shape index (κ1) is 9.43. The minimum atomic E-state index is 0.294. The second kappa shape index (κ2) is 3.94. The Bertz CT molecular complexity index is 291. The highest BCUT2D eigenvalue weighted by molar-refractivity contribution is 9.10. The molecule has 0 aromatic carbocycles. The number of aromatic nitrogens is 1. The Kier molecular flexibility index (Phi) is 2.86. The van der Waals surface area contributed by atoms with Crippen LogP contribution in [0.4, 0.5) is 5.13 Å².